The molecule has 1 saturated carbocycles. The second kappa shape index (κ2) is 2.84. The summed E-state index contributed by atoms with van der Waals surface area (Å²) < 4.78 is 0. The summed E-state index contributed by atoms with van der Waals surface area (Å²) in [6.07, 6.45) is 7.23. The maximum Gasteiger partial charge on any atom is 0.123 e. The van der Waals surface area contributed by atoms with Crippen molar-refractivity contribution in [3.63, 3.8) is 0 Å². The minimum Gasteiger partial charge on any atom is -0.344 e. The van der Waals surface area contributed by atoms with E-state index in [2.05, 4.69) is 15.3 Å². The summed E-state index contributed by atoms with van der Waals surface area (Å²) in [6.45, 7) is 1.14. The molecule has 70 valence electrons. The van der Waals surface area contributed by atoms with Crippen LogP contribution in [-0.4, -0.2) is 16.5 Å². The van der Waals surface area contributed by atoms with Crippen molar-refractivity contribution >= 4 is 0 Å². The smallest absolute Gasteiger partial charge is 0.123 e. The molecule has 0 bridgehead atoms. The molecular weight excluding hydrogens is 162 g/mol. The van der Waals surface area contributed by atoms with Gasteiger partial charge in [-0.2, -0.15) is 0 Å². The summed E-state index contributed by atoms with van der Waals surface area (Å²) in [5.74, 6) is 1.95. The molecule has 0 spiro atoms. The fraction of sp³-hybridized carbons (Fsp3) is 0.700. The Morgan fingerprint density at radius 2 is 2.23 bits per heavy atom. The Morgan fingerprint density at radius 3 is 2.92 bits per heavy atom. The van der Waals surface area contributed by atoms with Gasteiger partial charge in [-0.3, -0.25) is 0 Å². The molecule has 1 aromatic rings. The number of H-pyrrole nitrogens is 1. The van der Waals surface area contributed by atoms with Crippen LogP contribution in [0, 0.1) is 0 Å². The third-order valence-electron chi connectivity index (χ3n) is 3.02. The maximum absolute atomic E-state index is 4.44. The van der Waals surface area contributed by atoms with Crippen molar-refractivity contribution in [3.8, 4) is 0 Å². The summed E-state index contributed by atoms with van der Waals surface area (Å²) in [4.78, 5) is 7.88. The van der Waals surface area contributed by atoms with E-state index in [1.54, 1.807) is 0 Å². The lowest BCUT2D eigenvalue weighted by molar-refractivity contribution is 0.611. The van der Waals surface area contributed by atoms with Crippen molar-refractivity contribution in [3.05, 3.63) is 17.7 Å². The van der Waals surface area contributed by atoms with Gasteiger partial charge < -0.3 is 10.3 Å². The SMILES string of the molecule is c1nc(C2CCCN2)[nH]c1C1CC1. The molecule has 3 heteroatoms. The van der Waals surface area contributed by atoms with E-state index in [4.69, 9.17) is 0 Å². The molecule has 1 atom stereocenters. The van der Waals surface area contributed by atoms with Crippen LogP contribution in [0.4, 0.5) is 0 Å². The lowest BCUT2D eigenvalue weighted by Gasteiger charge is -2.04. The van der Waals surface area contributed by atoms with Crippen LogP contribution in [0.2, 0.25) is 0 Å². The van der Waals surface area contributed by atoms with E-state index in [9.17, 15) is 0 Å². The monoisotopic (exact) mass is 177 g/mol. The molecule has 0 aromatic carbocycles. The molecule has 3 rings (SSSR count). The van der Waals surface area contributed by atoms with Gasteiger partial charge in [0.1, 0.15) is 5.82 Å². The standard InChI is InChI=1S/C10H15N3/c1-2-8(11-5-1)10-12-6-9(13-10)7-3-4-7/h6-8,11H,1-5H2,(H,12,13). The molecule has 2 N–H and O–H groups in total. The van der Waals surface area contributed by atoms with Gasteiger partial charge in [-0.25, -0.2) is 4.98 Å². The van der Waals surface area contributed by atoms with Crippen molar-refractivity contribution in [1.82, 2.24) is 15.3 Å². The highest BCUT2D eigenvalue weighted by Gasteiger charge is 2.27. The van der Waals surface area contributed by atoms with Gasteiger partial charge in [0.05, 0.1) is 6.04 Å². The van der Waals surface area contributed by atoms with E-state index < -0.39 is 0 Å². The van der Waals surface area contributed by atoms with Crippen LogP contribution in [0.15, 0.2) is 6.20 Å². The number of rotatable bonds is 2. The van der Waals surface area contributed by atoms with Crippen LogP contribution in [-0.2, 0) is 0 Å². The minimum absolute atomic E-state index is 0.493. The second-order valence-corrected chi connectivity index (χ2v) is 4.15. The van der Waals surface area contributed by atoms with Gasteiger partial charge in [-0.15, -0.1) is 0 Å². The molecule has 3 nitrogen and oxygen atoms in total. The van der Waals surface area contributed by atoms with Gasteiger partial charge >= 0.3 is 0 Å². The summed E-state index contributed by atoms with van der Waals surface area (Å²) in [7, 11) is 0. The number of hydrogen-bond donors (Lipinski definition) is 2. The number of imidazole rings is 1. The van der Waals surface area contributed by atoms with Gasteiger partial charge in [0.25, 0.3) is 0 Å². The highest BCUT2D eigenvalue weighted by atomic mass is 15.0. The minimum atomic E-state index is 0.493. The molecule has 0 amide bonds. The normalized spacial score (nSPS) is 28.2. The fourth-order valence-electron chi connectivity index (χ4n) is 2.05. The number of aromatic nitrogens is 2. The number of hydrogen-bond acceptors (Lipinski definition) is 2. The van der Waals surface area contributed by atoms with E-state index in [1.165, 1.54) is 31.4 Å². The van der Waals surface area contributed by atoms with E-state index in [1.807, 2.05) is 6.20 Å². The zero-order chi connectivity index (χ0) is 8.67. The second-order valence-electron chi connectivity index (χ2n) is 4.15. The quantitative estimate of drug-likeness (QED) is 0.722. The molecule has 1 saturated heterocycles. The first-order valence-corrected chi connectivity index (χ1v) is 5.21. The van der Waals surface area contributed by atoms with Gasteiger partial charge in [-0.1, -0.05) is 0 Å². The first-order chi connectivity index (χ1) is 6.43. The molecule has 1 aliphatic heterocycles. The van der Waals surface area contributed by atoms with E-state index in [0.29, 0.717) is 6.04 Å². The molecule has 1 unspecified atom stereocenters. The van der Waals surface area contributed by atoms with E-state index in [-0.39, 0.29) is 0 Å². The van der Waals surface area contributed by atoms with Gasteiger partial charge in [0, 0.05) is 17.8 Å². The average Bonchev–Trinajstić information content (AvgIpc) is 2.72. The largest absolute Gasteiger partial charge is 0.344 e. The summed E-state index contributed by atoms with van der Waals surface area (Å²) in [5.41, 5.74) is 1.35. The topological polar surface area (TPSA) is 40.7 Å². The molecule has 13 heavy (non-hydrogen) atoms. The molecule has 1 aromatic heterocycles. The highest BCUT2D eigenvalue weighted by molar-refractivity contribution is 5.15. The van der Waals surface area contributed by atoms with Crippen molar-refractivity contribution < 1.29 is 0 Å². The summed E-state index contributed by atoms with van der Waals surface area (Å²) in [6, 6.07) is 0.493. The lowest BCUT2D eigenvalue weighted by atomic mass is 10.2. The van der Waals surface area contributed by atoms with Crippen LogP contribution in [0.3, 0.4) is 0 Å². The molecule has 0 radical (unpaired) electrons. The maximum atomic E-state index is 4.44. The predicted octanol–water partition coefficient (Wildman–Crippen LogP) is 1.71. The number of nitrogens with one attached hydrogen (secondary N) is 2. The summed E-state index contributed by atoms with van der Waals surface area (Å²) in [5, 5.41) is 3.45. The molecule has 2 fully saturated rings. The molecule has 1 aliphatic carbocycles. The third kappa shape index (κ3) is 1.37. The Balaban J connectivity index is 1.79. The fourth-order valence-corrected chi connectivity index (χ4v) is 2.05. The van der Waals surface area contributed by atoms with Crippen LogP contribution in [0.5, 0.6) is 0 Å². The van der Waals surface area contributed by atoms with E-state index in [0.717, 1.165) is 18.3 Å². The van der Waals surface area contributed by atoms with Crippen LogP contribution in [0.25, 0.3) is 0 Å². The van der Waals surface area contributed by atoms with Crippen molar-refractivity contribution in [2.45, 2.75) is 37.6 Å². The Hall–Kier alpha value is -0.830. The van der Waals surface area contributed by atoms with Crippen LogP contribution < -0.4 is 5.32 Å². The zero-order valence-corrected chi connectivity index (χ0v) is 7.71. The first kappa shape index (κ1) is 7.56. The predicted molar refractivity (Wildman–Crippen MR) is 50.5 cm³/mol. The van der Waals surface area contributed by atoms with Crippen LogP contribution >= 0.6 is 0 Å². The summed E-state index contributed by atoms with van der Waals surface area (Å²) >= 11 is 0. The average molecular weight is 177 g/mol. The van der Waals surface area contributed by atoms with Crippen LogP contribution in [0.1, 0.15) is 49.2 Å². The molecular formula is C10H15N3. The first-order valence-electron chi connectivity index (χ1n) is 5.21. The number of aromatic amines is 1. The molecule has 2 heterocycles. The highest BCUT2D eigenvalue weighted by Crippen LogP contribution is 2.39. The Kier molecular flexibility index (Phi) is 1.65. The van der Waals surface area contributed by atoms with Crippen molar-refractivity contribution in [2.75, 3.05) is 6.54 Å². The van der Waals surface area contributed by atoms with Gasteiger partial charge in [-0.05, 0) is 32.2 Å². The van der Waals surface area contributed by atoms with Crippen molar-refractivity contribution in [2.24, 2.45) is 0 Å². The zero-order valence-electron chi connectivity index (χ0n) is 7.71. The lowest BCUT2D eigenvalue weighted by Crippen LogP contribution is -2.14. The van der Waals surface area contributed by atoms with Gasteiger partial charge in [0.2, 0.25) is 0 Å². The molecule has 2 aliphatic rings. The Morgan fingerprint density at radius 1 is 1.31 bits per heavy atom. The Labute approximate surface area is 78.0 Å². The number of nitrogens with zero attached hydrogens (tertiary/aromatic N) is 1. The Bertz CT molecular complexity index is 295. The van der Waals surface area contributed by atoms with E-state index >= 15 is 0 Å². The third-order valence-corrected chi connectivity index (χ3v) is 3.02. The van der Waals surface area contributed by atoms with Crippen molar-refractivity contribution in [1.29, 1.82) is 0 Å². The van der Waals surface area contributed by atoms with Gasteiger partial charge in [0.15, 0.2) is 0 Å².